The number of fused-ring (bicyclic) bond motifs is 1. The van der Waals surface area contributed by atoms with Crippen LogP contribution in [0.4, 0.5) is 18.9 Å². The molecule has 0 aliphatic heterocycles. The molecule has 3 rings (SSSR count). The Bertz CT molecular complexity index is 1270. The summed E-state index contributed by atoms with van der Waals surface area (Å²) in [6, 6.07) is 5.62. The molecule has 11 heteroatoms. The number of aromatic nitrogens is 1. The van der Waals surface area contributed by atoms with Crippen molar-refractivity contribution in [3.63, 3.8) is 0 Å². The number of nitrogens with zero attached hydrogens (tertiary/aromatic N) is 1. The quantitative estimate of drug-likeness (QED) is 0.273. The Balaban J connectivity index is 0.000000411. The number of carbonyl (C=O) groups excluding carboxylic acids is 2. The zero-order valence-electron chi connectivity index (χ0n) is 23.1. The zero-order valence-corrected chi connectivity index (χ0v) is 23.9. The van der Waals surface area contributed by atoms with Gasteiger partial charge in [-0.1, -0.05) is 33.6 Å². The van der Waals surface area contributed by atoms with Crippen LogP contribution >= 0.6 is 11.3 Å². The summed E-state index contributed by atoms with van der Waals surface area (Å²) in [6.07, 6.45) is -0.682. The molecule has 7 nitrogen and oxygen atoms in total. The number of hydrogen-bond donors (Lipinski definition) is 2. The predicted molar refractivity (Wildman–Crippen MR) is 149 cm³/mol. The van der Waals surface area contributed by atoms with Crippen LogP contribution in [0.3, 0.4) is 0 Å². The molecule has 2 unspecified atom stereocenters. The lowest BCUT2D eigenvalue weighted by Crippen LogP contribution is -2.20. The summed E-state index contributed by atoms with van der Waals surface area (Å²) in [5.41, 5.74) is 4.32. The Morgan fingerprint density at radius 1 is 1.13 bits per heavy atom. The first-order valence-electron chi connectivity index (χ1n) is 12.6. The minimum atomic E-state index is -4.65. The Morgan fingerprint density at radius 3 is 2.38 bits per heavy atom. The van der Waals surface area contributed by atoms with Gasteiger partial charge in [0.25, 0.3) is 11.8 Å². The molecule has 214 valence electrons. The summed E-state index contributed by atoms with van der Waals surface area (Å²) >= 11 is 1.27. The number of nitrogens with two attached hydrogens (primary N) is 1. The number of thiazole rings is 1. The normalized spacial score (nSPS) is 12.8. The van der Waals surface area contributed by atoms with Crippen LogP contribution in [0, 0.1) is 18.8 Å². The Labute approximate surface area is 230 Å². The molecule has 39 heavy (non-hydrogen) atoms. The van der Waals surface area contributed by atoms with Gasteiger partial charge in [-0.15, -0.1) is 11.3 Å². The third-order valence-corrected chi connectivity index (χ3v) is 6.98. The van der Waals surface area contributed by atoms with E-state index < -0.39 is 29.1 Å². The number of ether oxygens (including phenoxy) is 2. The molecule has 3 N–H and O–H groups in total. The van der Waals surface area contributed by atoms with E-state index in [4.69, 9.17) is 15.2 Å². The van der Waals surface area contributed by atoms with Gasteiger partial charge in [0.1, 0.15) is 11.3 Å². The van der Waals surface area contributed by atoms with Crippen molar-refractivity contribution in [2.75, 3.05) is 26.1 Å². The highest BCUT2D eigenvalue weighted by atomic mass is 32.1. The minimum Gasteiger partial charge on any atom is -0.496 e. The summed E-state index contributed by atoms with van der Waals surface area (Å²) in [5.74, 6) is 0.0986. The first kappa shape index (κ1) is 32.0. The van der Waals surface area contributed by atoms with Crippen molar-refractivity contribution in [2.24, 2.45) is 17.6 Å². The lowest BCUT2D eigenvalue weighted by atomic mass is 9.94. The number of primary amides is 1. The second-order valence-electron chi connectivity index (χ2n) is 9.49. The largest absolute Gasteiger partial charge is 0.496 e. The summed E-state index contributed by atoms with van der Waals surface area (Å²) in [7, 11) is 3.17. The number of halogens is 3. The van der Waals surface area contributed by atoms with Crippen molar-refractivity contribution in [1.29, 1.82) is 0 Å². The molecular formula is C28H36F3N3O4S. The van der Waals surface area contributed by atoms with Crippen molar-refractivity contribution in [1.82, 2.24) is 4.98 Å². The average Bonchev–Trinajstić information content (AvgIpc) is 3.23. The molecule has 2 atom stereocenters. The topological polar surface area (TPSA) is 104 Å². The molecule has 2 aromatic carbocycles. The van der Waals surface area contributed by atoms with E-state index in [1.807, 2.05) is 0 Å². The Kier molecular flexibility index (Phi) is 11.7. The molecule has 2 amide bonds. The number of hydrogen-bond acceptors (Lipinski definition) is 6. The molecule has 3 aromatic rings. The van der Waals surface area contributed by atoms with Gasteiger partial charge in [0, 0.05) is 13.7 Å². The van der Waals surface area contributed by atoms with Crippen LogP contribution in [0.15, 0.2) is 30.3 Å². The second-order valence-corrected chi connectivity index (χ2v) is 10.7. The van der Waals surface area contributed by atoms with Gasteiger partial charge in [-0.3, -0.25) is 9.59 Å². The summed E-state index contributed by atoms with van der Waals surface area (Å²) in [4.78, 5) is 28.8. The van der Waals surface area contributed by atoms with E-state index in [-0.39, 0.29) is 17.0 Å². The van der Waals surface area contributed by atoms with Gasteiger partial charge in [-0.2, -0.15) is 13.2 Å². The fraction of sp³-hybridized carbons (Fsp3) is 0.464. The van der Waals surface area contributed by atoms with E-state index >= 15 is 0 Å². The highest BCUT2D eigenvalue weighted by Gasteiger charge is 2.32. The van der Waals surface area contributed by atoms with Crippen LogP contribution in [0.1, 0.15) is 71.3 Å². The zero-order chi connectivity index (χ0) is 29.3. The number of rotatable bonds is 10. The van der Waals surface area contributed by atoms with Crippen molar-refractivity contribution in [2.45, 2.75) is 53.1 Å². The Morgan fingerprint density at radius 2 is 1.82 bits per heavy atom. The molecule has 0 saturated carbocycles. The average molecular weight is 568 g/mol. The van der Waals surface area contributed by atoms with Crippen LogP contribution in [0.5, 0.6) is 5.75 Å². The lowest BCUT2D eigenvalue weighted by molar-refractivity contribution is -0.137. The van der Waals surface area contributed by atoms with Crippen LogP contribution in [0.2, 0.25) is 0 Å². The van der Waals surface area contributed by atoms with Crippen molar-refractivity contribution in [3.05, 3.63) is 52.0 Å². The fourth-order valence-electron chi connectivity index (χ4n) is 4.34. The van der Waals surface area contributed by atoms with Gasteiger partial charge in [0.15, 0.2) is 0 Å². The molecule has 0 radical (unpaired) electrons. The SMILES string of the molecule is CCCC(C)CC(C)COC.COc1ccc2nc(C)sc2c1C(=O)Nc1ccc(C(F)(F)F)cc1C(N)=O. The maximum atomic E-state index is 12.9. The summed E-state index contributed by atoms with van der Waals surface area (Å²) in [6.45, 7) is 9.52. The standard InChI is InChI=1S/C18H14F3N3O3S.C10H22O/c1-8-23-12-5-6-13(27-2)14(15(12)28-8)17(26)24-11-4-3-9(18(19,20)21)7-10(11)16(22)25;1-5-6-9(2)7-10(3)8-11-4/h3-7H,1-2H3,(H2,22,25)(H,24,26);9-10H,5-8H2,1-4H3. The predicted octanol–water partition coefficient (Wildman–Crippen LogP) is 7.08. The van der Waals surface area contributed by atoms with Crippen LogP contribution < -0.4 is 15.8 Å². The molecular weight excluding hydrogens is 531 g/mol. The number of amides is 2. The third kappa shape index (κ3) is 8.93. The number of alkyl halides is 3. The van der Waals surface area contributed by atoms with Gasteiger partial charge in [-0.05, 0) is 55.5 Å². The first-order valence-corrected chi connectivity index (χ1v) is 13.4. The van der Waals surface area contributed by atoms with E-state index in [1.54, 1.807) is 26.2 Å². The number of aryl methyl sites for hydroxylation is 1. The van der Waals surface area contributed by atoms with E-state index in [9.17, 15) is 22.8 Å². The molecule has 0 fully saturated rings. The summed E-state index contributed by atoms with van der Waals surface area (Å²) < 4.78 is 49.6. The van der Waals surface area contributed by atoms with Crippen LogP contribution in [-0.4, -0.2) is 37.6 Å². The number of benzene rings is 2. The highest BCUT2D eigenvalue weighted by molar-refractivity contribution is 7.19. The van der Waals surface area contributed by atoms with Gasteiger partial charge < -0.3 is 20.5 Å². The molecule has 0 spiro atoms. The molecule has 0 saturated heterocycles. The van der Waals surface area contributed by atoms with Crippen LogP contribution in [-0.2, 0) is 10.9 Å². The smallest absolute Gasteiger partial charge is 0.416 e. The van der Waals surface area contributed by atoms with Gasteiger partial charge in [-0.25, -0.2) is 4.98 Å². The number of anilines is 1. The van der Waals surface area contributed by atoms with E-state index in [1.165, 1.54) is 37.7 Å². The van der Waals surface area contributed by atoms with Crippen molar-refractivity contribution in [3.8, 4) is 5.75 Å². The number of carbonyl (C=O) groups is 2. The second kappa shape index (κ2) is 14.3. The lowest BCUT2D eigenvalue weighted by Gasteiger charge is -2.15. The monoisotopic (exact) mass is 567 g/mol. The first-order chi connectivity index (χ1) is 18.3. The number of nitrogens with one attached hydrogen (secondary N) is 1. The summed E-state index contributed by atoms with van der Waals surface area (Å²) in [5, 5.41) is 3.18. The van der Waals surface area contributed by atoms with E-state index in [0.29, 0.717) is 16.3 Å². The Hall–Kier alpha value is -3.18. The van der Waals surface area contributed by atoms with E-state index in [2.05, 4.69) is 31.1 Å². The van der Waals surface area contributed by atoms with Gasteiger partial charge in [0.05, 0.1) is 39.1 Å². The molecule has 1 aromatic heterocycles. The van der Waals surface area contributed by atoms with Crippen LogP contribution in [0.25, 0.3) is 10.2 Å². The van der Waals surface area contributed by atoms with Gasteiger partial charge in [0.2, 0.25) is 0 Å². The van der Waals surface area contributed by atoms with Crippen molar-refractivity contribution < 1.29 is 32.2 Å². The molecule has 0 bridgehead atoms. The highest BCUT2D eigenvalue weighted by Crippen LogP contribution is 2.35. The maximum Gasteiger partial charge on any atom is 0.416 e. The molecule has 0 aliphatic rings. The number of methoxy groups -OCH3 is 2. The molecule has 0 aliphatic carbocycles. The minimum absolute atomic E-state index is 0.134. The third-order valence-electron chi connectivity index (χ3n) is 5.97. The van der Waals surface area contributed by atoms with Gasteiger partial charge >= 0.3 is 6.18 Å². The molecule has 1 heterocycles. The van der Waals surface area contributed by atoms with E-state index in [0.717, 1.165) is 35.6 Å². The maximum absolute atomic E-state index is 12.9. The van der Waals surface area contributed by atoms with Crippen molar-refractivity contribution >= 4 is 39.1 Å². The fourth-order valence-corrected chi connectivity index (χ4v) is 5.29.